The number of anilines is 1. The van der Waals surface area contributed by atoms with Crippen LogP contribution in [0, 0.1) is 0 Å². The molecule has 18 heavy (non-hydrogen) atoms. The van der Waals surface area contributed by atoms with Crippen LogP contribution in [0.3, 0.4) is 0 Å². The number of aromatic nitrogens is 1. The van der Waals surface area contributed by atoms with E-state index < -0.39 is 10.0 Å². The quantitative estimate of drug-likeness (QED) is 0.513. The minimum Gasteiger partial charge on any atom is -0.380 e. The fraction of sp³-hybridized carbons (Fsp3) is 0.444. The third-order valence-electron chi connectivity index (χ3n) is 2.21. The van der Waals surface area contributed by atoms with Crippen LogP contribution in [-0.2, 0) is 14.8 Å². The number of methoxy groups -OCH3 is 1. The summed E-state index contributed by atoms with van der Waals surface area (Å²) in [4.78, 5) is 3.85. The topological polar surface area (TPSA) is 106 Å². The molecule has 0 spiro atoms. The molecule has 4 N–H and O–H groups in total. The van der Waals surface area contributed by atoms with Crippen molar-refractivity contribution in [3.05, 3.63) is 16.7 Å². The van der Waals surface area contributed by atoms with E-state index in [0.29, 0.717) is 4.47 Å². The summed E-state index contributed by atoms with van der Waals surface area (Å²) in [6, 6.07) is 1.42. The van der Waals surface area contributed by atoms with E-state index >= 15 is 0 Å². The predicted molar refractivity (Wildman–Crippen MR) is 71.4 cm³/mol. The number of halogens is 1. The molecule has 1 heterocycles. The van der Waals surface area contributed by atoms with Crippen molar-refractivity contribution in [2.75, 3.05) is 19.1 Å². The molecule has 9 heteroatoms. The van der Waals surface area contributed by atoms with Crippen molar-refractivity contribution in [1.29, 1.82) is 0 Å². The lowest BCUT2D eigenvalue weighted by atomic mass is 10.4. The second kappa shape index (κ2) is 6.43. The lowest BCUT2D eigenvalue weighted by Crippen LogP contribution is -2.32. The van der Waals surface area contributed by atoms with Gasteiger partial charge in [-0.25, -0.2) is 24.0 Å². The van der Waals surface area contributed by atoms with E-state index in [2.05, 4.69) is 31.1 Å². The van der Waals surface area contributed by atoms with Gasteiger partial charge in [0.15, 0.2) is 5.82 Å². The third kappa shape index (κ3) is 3.89. The van der Waals surface area contributed by atoms with Crippen LogP contribution >= 0.6 is 15.9 Å². The summed E-state index contributed by atoms with van der Waals surface area (Å²) in [7, 11) is -2.19. The van der Waals surface area contributed by atoms with Crippen LogP contribution in [0.1, 0.15) is 6.92 Å². The lowest BCUT2D eigenvalue weighted by molar-refractivity contribution is 0.122. The van der Waals surface area contributed by atoms with Gasteiger partial charge in [0, 0.05) is 24.3 Å². The number of rotatable bonds is 6. The molecule has 0 aliphatic carbocycles. The molecule has 1 aromatic rings. The summed E-state index contributed by atoms with van der Waals surface area (Å²) >= 11 is 3.16. The highest BCUT2D eigenvalue weighted by molar-refractivity contribution is 9.10. The summed E-state index contributed by atoms with van der Waals surface area (Å²) in [5, 5.41) is 0. The van der Waals surface area contributed by atoms with Gasteiger partial charge in [0.2, 0.25) is 10.0 Å². The molecule has 0 bridgehead atoms. The van der Waals surface area contributed by atoms with Gasteiger partial charge in [0.1, 0.15) is 4.90 Å². The van der Waals surface area contributed by atoms with Gasteiger partial charge in [-0.2, -0.15) is 0 Å². The van der Waals surface area contributed by atoms with Gasteiger partial charge in [-0.15, -0.1) is 0 Å². The van der Waals surface area contributed by atoms with E-state index in [4.69, 9.17) is 10.6 Å². The normalized spacial score (nSPS) is 13.3. The van der Waals surface area contributed by atoms with E-state index in [-0.39, 0.29) is 23.4 Å². The molecule has 0 amide bonds. The van der Waals surface area contributed by atoms with Gasteiger partial charge in [0.05, 0.1) is 6.10 Å². The molecule has 0 saturated heterocycles. The highest BCUT2D eigenvalue weighted by Gasteiger charge is 2.20. The fourth-order valence-corrected chi connectivity index (χ4v) is 2.86. The van der Waals surface area contributed by atoms with Crippen LogP contribution in [0.25, 0.3) is 0 Å². The summed E-state index contributed by atoms with van der Waals surface area (Å²) in [5.41, 5.74) is 2.25. The first-order valence-electron chi connectivity index (χ1n) is 5.05. The highest BCUT2D eigenvalue weighted by Crippen LogP contribution is 2.21. The Morgan fingerprint density at radius 1 is 1.61 bits per heavy atom. The van der Waals surface area contributed by atoms with Gasteiger partial charge in [-0.05, 0) is 28.9 Å². The number of hydrazine groups is 1. The zero-order chi connectivity index (χ0) is 13.8. The second-order valence-corrected chi connectivity index (χ2v) is 6.19. The SMILES string of the molecule is COC(C)CNS(=O)(=O)c1cc(Br)cnc1NN. The first kappa shape index (κ1) is 15.3. The van der Waals surface area contributed by atoms with E-state index in [0.717, 1.165) is 0 Å². The Morgan fingerprint density at radius 2 is 2.28 bits per heavy atom. The monoisotopic (exact) mass is 338 g/mol. The van der Waals surface area contributed by atoms with E-state index in [1.54, 1.807) is 6.92 Å². The number of nitrogen functional groups attached to an aromatic ring is 1. The van der Waals surface area contributed by atoms with Crippen LogP contribution in [-0.4, -0.2) is 33.2 Å². The van der Waals surface area contributed by atoms with Gasteiger partial charge < -0.3 is 10.2 Å². The van der Waals surface area contributed by atoms with Gasteiger partial charge >= 0.3 is 0 Å². The number of ether oxygens (including phenoxy) is 1. The van der Waals surface area contributed by atoms with Crippen molar-refractivity contribution in [2.45, 2.75) is 17.9 Å². The van der Waals surface area contributed by atoms with Crippen LogP contribution in [0.15, 0.2) is 21.6 Å². The molecule has 0 aromatic carbocycles. The molecule has 0 aliphatic heterocycles. The Kier molecular flexibility index (Phi) is 5.47. The average molecular weight is 339 g/mol. The van der Waals surface area contributed by atoms with Gasteiger partial charge in [-0.3, -0.25) is 0 Å². The highest BCUT2D eigenvalue weighted by atomic mass is 79.9. The smallest absolute Gasteiger partial charge is 0.244 e. The molecule has 1 unspecified atom stereocenters. The minimum atomic E-state index is -3.70. The van der Waals surface area contributed by atoms with E-state index in [1.165, 1.54) is 19.4 Å². The van der Waals surface area contributed by atoms with E-state index in [9.17, 15) is 8.42 Å². The number of nitrogens with zero attached hydrogens (tertiary/aromatic N) is 1. The Bertz CT molecular complexity index is 509. The maximum atomic E-state index is 12.1. The Balaban J connectivity index is 3.00. The molecule has 0 saturated carbocycles. The number of hydrogen-bond acceptors (Lipinski definition) is 6. The molecular weight excluding hydrogens is 324 g/mol. The molecule has 1 rings (SSSR count). The summed E-state index contributed by atoms with van der Waals surface area (Å²) in [6.45, 7) is 1.92. The molecule has 7 nitrogen and oxygen atoms in total. The van der Waals surface area contributed by atoms with Crippen LogP contribution in [0.4, 0.5) is 5.82 Å². The molecule has 0 aliphatic rings. The zero-order valence-corrected chi connectivity index (χ0v) is 12.4. The number of sulfonamides is 1. The Labute approximate surface area is 114 Å². The van der Waals surface area contributed by atoms with Crippen LogP contribution < -0.4 is 16.0 Å². The maximum absolute atomic E-state index is 12.1. The molecule has 0 radical (unpaired) electrons. The number of nitrogens with two attached hydrogens (primary N) is 1. The van der Waals surface area contributed by atoms with Gasteiger partial charge in [0.25, 0.3) is 0 Å². The summed E-state index contributed by atoms with van der Waals surface area (Å²) in [6.07, 6.45) is 1.22. The molecule has 102 valence electrons. The number of nitrogens with one attached hydrogen (secondary N) is 2. The molecule has 0 fully saturated rings. The van der Waals surface area contributed by atoms with Crippen molar-refractivity contribution in [2.24, 2.45) is 5.84 Å². The zero-order valence-electron chi connectivity index (χ0n) is 9.97. The Morgan fingerprint density at radius 3 is 2.83 bits per heavy atom. The van der Waals surface area contributed by atoms with Crippen LogP contribution in [0.2, 0.25) is 0 Å². The standard InChI is InChI=1S/C9H15BrN4O3S/c1-6(17-2)4-13-18(15,16)8-3-7(10)5-12-9(8)14-11/h3,5-6,13H,4,11H2,1-2H3,(H,12,14). The molecule has 1 aromatic heterocycles. The van der Waals surface area contributed by atoms with Crippen molar-refractivity contribution in [1.82, 2.24) is 9.71 Å². The van der Waals surface area contributed by atoms with E-state index in [1.807, 2.05) is 0 Å². The van der Waals surface area contributed by atoms with Crippen molar-refractivity contribution in [3.8, 4) is 0 Å². The minimum absolute atomic E-state index is 0.0253. The molecular formula is C9H15BrN4O3S. The Hall–Kier alpha value is -0.740. The van der Waals surface area contributed by atoms with Crippen LogP contribution in [0.5, 0.6) is 0 Å². The van der Waals surface area contributed by atoms with Crippen molar-refractivity contribution >= 4 is 31.8 Å². The maximum Gasteiger partial charge on any atom is 0.244 e. The second-order valence-electron chi connectivity index (χ2n) is 3.54. The largest absolute Gasteiger partial charge is 0.380 e. The summed E-state index contributed by atoms with van der Waals surface area (Å²) < 4.78 is 32.1. The third-order valence-corrected chi connectivity index (χ3v) is 4.08. The predicted octanol–water partition coefficient (Wildman–Crippen LogP) is 0.443. The first-order chi connectivity index (χ1) is 8.40. The number of pyridine rings is 1. The van der Waals surface area contributed by atoms with Crippen molar-refractivity contribution in [3.63, 3.8) is 0 Å². The van der Waals surface area contributed by atoms with Gasteiger partial charge in [-0.1, -0.05) is 0 Å². The lowest BCUT2D eigenvalue weighted by Gasteiger charge is -2.13. The van der Waals surface area contributed by atoms with Crippen molar-refractivity contribution < 1.29 is 13.2 Å². The molecule has 1 atom stereocenters. The first-order valence-corrected chi connectivity index (χ1v) is 7.33. The average Bonchev–Trinajstić information content (AvgIpc) is 2.36. The summed E-state index contributed by atoms with van der Waals surface area (Å²) in [5.74, 6) is 5.31. The fourth-order valence-electron chi connectivity index (χ4n) is 1.12. The number of hydrogen-bond donors (Lipinski definition) is 3.